The summed E-state index contributed by atoms with van der Waals surface area (Å²) in [4.78, 5) is 8.97. The number of halogens is 1. The van der Waals surface area contributed by atoms with Gasteiger partial charge in [0.1, 0.15) is 0 Å². The third-order valence-corrected chi connectivity index (χ3v) is 3.37. The Morgan fingerprint density at radius 3 is 2.60 bits per heavy atom. The van der Waals surface area contributed by atoms with Gasteiger partial charge in [-0.15, -0.1) is 11.6 Å². The third-order valence-electron chi connectivity index (χ3n) is 3.06. The Balaban J connectivity index is 2.10. The molecule has 2 rings (SSSR count). The van der Waals surface area contributed by atoms with Gasteiger partial charge in [-0.1, -0.05) is 38.1 Å². The Morgan fingerprint density at radius 1 is 1.15 bits per heavy atom. The zero-order valence-corrected chi connectivity index (χ0v) is 12.9. The van der Waals surface area contributed by atoms with Crippen LogP contribution in [0.4, 0.5) is 5.95 Å². The summed E-state index contributed by atoms with van der Waals surface area (Å²) in [6.45, 7) is 6.96. The second-order valence-electron chi connectivity index (χ2n) is 5.22. The molecule has 4 heteroatoms. The molecule has 1 aromatic carbocycles. The standard InChI is InChI=1S/C16H20ClN3/c1-11(2)15-7-12(3)19-16(20-15)18-10-14-6-4-5-13(8-14)9-17/h4-8,11H,9-10H2,1-3H3,(H,18,19,20). The van der Waals surface area contributed by atoms with Crippen molar-refractivity contribution in [3.8, 4) is 0 Å². The van der Waals surface area contributed by atoms with Crippen molar-refractivity contribution in [3.63, 3.8) is 0 Å². The van der Waals surface area contributed by atoms with E-state index in [2.05, 4.69) is 41.3 Å². The van der Waals surface area contributed by atoms with E-state index < -0.39 is 0 Å². The van der Waals surface area contributed by atoms with Gasteiger partial charge in [-0.2, -0.15) is 0 Å². The predicted molar refractivity (Wildman–Crippen MR) is 84.2 cm³/mol. The fourth-order valence-corrected chi connectivity index (χ4v) is 2.14. The quantitative estimate of drug-likeness (QED) is 0.836. The van der Waals surface area contributed by atoms with Crippen molar-refractivity contribution in [2.45, 2.75) is 39.1 Å². The van der Waals surface area contributed by atoms with Crippen molar-refractivity contribution < 1.29 is 0 Å². The highest BCUT2D eigenvalue weighted by molar-refractivity contribution is 6.17. The van der Waals surface area contributed by atoms with Crippen LogP contribution in [0.5, 0.6) is 0 Å². The Labute approximate surface area is 125 Å². The maximum absolute atomic E-state index is 5.85. The summed E-state index contributed by atoms with van der Waals surface area (Å²) < 4.78 is 0. The minimum atomic E-state index is 0.400. The van der Waals surface area contributed by atoms with E-state index in [1.165, 1.54) is 5.56 Å². The number of rotatable bonds is 5. The normalized spacial score (nSPS) is 10.8. The molecule has 1 N–H and O–H groups in total. The summed E-state index contributed by atoms with van der Waals surface area (Å²) in [6, 6.07) is 10.2. The van der Waals surface area contributed by atoms with Crippen molar-refractivity contribution in [2.75, 3.05) is 5.32 Å². The first-order valence-corrected chi connectivity index (χ1v) is 7.35. The largest absolute Gasteiger partial charge is 0.350 e. The first-order chi connectivity index (χ1) is 9.58. The second-order valence-corrected chi connectivity index (χ2v) is 5.49. The number of hydrogen-bond donors (Lipinski definition) is 1. The summed E-state index contributed by atoms with van der Waals surface area (Å²) >= 11 is 5.85. The maximum Gasteiger partial charge on any atom is 0.223 e. The van der Waals surface area contributed by atoms with E-state index in [9.17, 15) is 0 Å². The van der Waals surface area contributed by atoms with Crippen LogP contribution in [0.1, 0.15) is 42.3 Å². The number of anilines is 1. The van der Waals surface area contributed by atoms with Crippen molar-refractivity contribution in [3.05, 3.63) is 52.8 Å². The number of aryl methyl sites for hydroxylation is 1. The van der Waals surface area contributed by atoms with Crippen LogP contribution in [-0.4, -0.2) is 9.97 Å². The number of benzene rings is 1. The van der Waals surface area contributed by atoms with E-state index in [-0.39, 0.29) is 0 Å². The molecule has 0 aliphatic carbocycles. The molecule has 20 heavy (non-hydrogen) atoms. The van der Waals surface area contributed by atoms with Gasteiger partial charge in [-0.3, -0.25) is 0 Å². The van der Waals surface area contributed by atoms with E-state index in [4.69, 9.17) is 11.6 Å². The first kappa shape index (κ1) is 14.8. The van der Waals surface area contributed by atoms with Gasteiger partial charge in [0.05, 0.1) is 0 Å². The molecule has 2 aromatic rings. The molecule has 0 aliphatic heterocycles. The summed E-state index contributed by atoms with van der Waals surface area (Å²) in [6.07, 6.45) is 0. The number of nitrogens with one attached hydrogen (secondary N) is 1. The molecule has 0 bridgehead atoms. The summed E-state index contributed by atoms with van der Waals surface area (Å²) in [5.74, 6) is 1.62. The minimum Gasteiger partial charge on any atom is -0.350 e. The zero-order valence-electron chi connectivity index (χ0n) is 12.2. The molecule has 0 radical (unpaired) electrons. The molecule has 106 valence electrons. The number of hydrogen-bond acceptors (Lipinski definition) is 3. The van der Waals surface area contributed by atoms with Crippen molar-refractivity contribution in [1.82, 2.24) is 9.97 Å². The fraction of sp³-hybridized carbons (Fsp3) is 0.375. The van der Waals surface area contributed by atoms with Gasteiger partial charge < -0.3 is 5.32 Å². The summed E-state index contributed by atoms with van der Waals surface area (Å²) in [7, 11) is 0. The Kier molecular flexibility index (Phi) is 4.96. The average Bonchev–Trinajstić information content (AvgIpc) is 2.44. The highest BCUT2D eigenvalue weighted by atomic mass is 35.5. The zero-order chi connectivity index (χ0) is 14.5. The highest BCUT2D eigenvalue weighted by Crippen LogP contribution is 2.15. The molecule has 0 spiro atoms. The van der Waals surface area contributed by atoms with Crippen LogP contribution in [0.25, 0.3) is 0 Å². The molecular formula is C16H20ClN3. The lowest BCUT2D eigenvalue weighted by atomic mass is 10.1. The molecule has 0 amide bonds. The van der Waals surface area contributed by atoms with Crippen molar-refractivity contribution >= 4 is 17.5 Å². The van der Waals surface area contributed by atoms with Gasteiger partial charge in [0.15, 0.2) is 0 Å². The molecule has 3 nitrogen and oxygen atoms in total. The Hall–Kier alpha value is -1.61. The van der Waals surface area contributed by atoms with Gasteiger partial charge in [0.2, 0.25) is 5.95 Å². The highest BCUT2D eigenvalue weighted by Gasteiger charge is 2.05. The molecule has 0 unspecified atom stereocenters. The Morgan fingerprint density at radius 2 is 1.90 bits per heavy atom. The van der Waals surface area contributed by atoms with E-state index >= 15 is 0 Å². The summed E-state index contributed by atoms with van der Waals surface area (Å²) in [5, 5.41) is 3.28. The lowest BCUT2D eigenvalue weighted by Gasteiger charge is -2.10. The SMILES string of the molecule is Cc1cc(C(C)C)nc(NCc2cccc(CCl)c2)n1. The monoisotopic (exact) mass is 289 g/mol. The molecular weight excluding hydrogens is 270 g/mol. The van der Waals surface area contributed by atoms with Crippen LogP contribution in [0.3, 0.4) is 0 Å². The van der Waals surface area contributed by atoms with E-state index in [0.717, 1.165) is 17.0 Å². The van der Waals surface area contributed by atoms with Crippen LogP contribution in [-0.2, 0) is 12.4 Å². The van der Waals surface area contributed by atoms with Crippen LogP contribution in [0, 0.1) is 6.92 Å². The number of nitrogens with zero attached hydrogens (tertiary/aromatic N) is 2. The van der Waals surface area contributed by atoms with Crippen LogP contribution < -0.4 is 5.32 Å². The minimum absolute atomic E-state index is 0.400. The maximum atomic E-state index is 5.85. The number of aromatic nitrogens is 2. The predicted octanol–water partition coefficient (Wildman–Crippen LogP) is 4.26. The van der Waals surface area contributed by atoms with E-state index in [1.807, 2.05) is 25.1 Å². The molecule has 0 aliphatic rings. The molecule has 1 heterocycles. The van der Waals surface area contributed by atoms with Gasteiger partial charge in [0, 0.05) is 23.8 Å². The molecule has 0 saturated carbocycles. The van der Waals surface area contributed by atoms with Crippen LogP contribution in [0.15, 0.2) is 30.3 Å². The van der Waals surface area contributed by atoms with Crippen LogP contribution in [0.2, 0.25) is 0 Å². The molecule has 0 saturated heterocycles. The molecule has 0 atom stereocenters. The fourth-order valence-electron chi connectivity index (χ4n) is 1.97. The van der Waals surface area contributed by atoms with E-state index in [1.54, 1.807) is 0 Å². The molecule has 0 fully saturated rings. The van der Waals surface area contributed by atoms with Gasteiger partial charge in [-0.05, 0) is 30.0 Å². The molecule has 1 aromatic heterocycles. The first-order valence-electron chi connectivity index (χ1n) is 6.81. The van der Waals surface area contributed by atoms with Crippen molar-refractivity contribution in [1.29, 1.82) is 0 Å². The third kappa shape index (κ3) is 3.94. The number of alkyl halides is 1. The lowest BCUT2D eigenvalue weighted by Crippen LogP contribution is -2.07. The Bertz CT molecular complexity index is 582. The topological polar surface area (TPSA) is 37.8 Å². The van der Waals surface area contributed by atoms with Gasteiger partial charge in [0.25, 0.3) is 0 Å². The van der Waals surface area contributed by atoms with Crippen molar-refractivity contribution in [2.24, 2.45) is 0 Å². The smallest absolute Gasteiger partial charge is 0.223 e. The van der Waals surface area contributed by atoms with Gasteiger partial charge >= 0.3 is 0 Å². The average molecular weight is 290 g/mol. The van der Waals surface area contributed by atoms with Crippen LogP contribution >= 0.6 is 11.6 Å². The lowest BCUT2D eigenvalue weighted by molar-refractivity contribution is 0.808. The van der Waals surface area contributed by atoms with E-state index in [0.29, 0.717) is 24.3 Å². The van der Waals surface area contributed by atoms with Gasteiger partial charge in [-0.25, -0.2) is 9.97 Å². The second kappa shape index (κ2) is 6.71. The summed E-state index contributed by atoms with van der Waals surface area (Å²) in [5.41, 5.74) is 4.36.